The molecule has 0 aromatic carbocycles. The van der Waals surface area contributed by atoms with Gasteiger partial charge in [0.15, 0.2) is 0 Å². The van der Waals surface area contributed by atoms with Crippen molar-refractivity contribution in [2.45, 2.75) is 31.6 Å². The maximum atomic E-state index is 14.4. The van der Waals surface area contributed by atoms with Gasteiger partial charge in [0, 0.05) is 39.3 Å². The third-order valence-electron chi connectivity index (χ3n) is 5.51. The molecule has 2 amide bonds. The van der Waals surface area contributed by atoms with Crippen LogP contribution in [-0.2, 0) is 11.8 Å². The normalized spacial score (nSPS) is 28.8. The smallest absolute Gasteiger partial charge is 0.274 e. The van der Waals surface area contributed by atoms with E-state index in [9.17, 15) is 18.4 Å². The number of rotatable bonds is 3. The summed E-state index contributed by atoms with van der Waals surface area (Å²) in [4.78, 5) is 28.3. The number of carbonyl (C=O) groups excluding carboxylic acids is 2. The number of piperidine rings is 1. The number of aryl methyl sites for hydroxylation is 1. The first kappa shape index (κ1) is 16.5. The van der Waals surface area contributed by atoms with Gasteiger partial charge in [0.25, 0.3) is 11.8 Å². The minimum atomic E-state index is -3.06. The zero-order valence-corrected chi connectivity index (χ0v) is 14.3. The van der Waals surface area contributed by atoms with Crippen LogP contribution < -0.4 is 0 Å². The molecule has 1 atom stereocenters. The van der Waals surface area contributed by atoms with Gasteiger partial charge < -0.3 is 9.80 Å². The molecule has 4 rings (SSSR count). The molecule has 0 radical (unpaired) electrons. The Labute approximate surface area is 144 Å². The maximum Gasteiger partial charge on any atom is 0.274 e. The van der Waals surface area contributed by atoms with E-state index >= 15 is 0 Å². The van der Waals surface area contributed by atoms with Crippen LogP contribution >= 0.6 is 0 Å². The van der Waals surface area contributed by atoms with E-state index in [1.54, 1.807) is 18.1 Å². The van der Waals surface area contributed by atoms with E-state index in [1.807, 2.05) is 0 Å². The van der Waals surface area contributed by atoms with E-state index in [0.717, 1.165) is 17.7 Å². The van der Waals surface area contributed by atoms with Gasteiger partial charge in [-0.2, -0.15) is 5.10 Å². The van der Waals surface area contributed by atoms with Crippen molar-refractivity contribution in [3.05, 3.63) is 18.0 Å². The number of nitrogens with zero attached hydrogens (tertiary/aromatic N) is 4. The summed E-state index contributed by atoms with van der Waals surface area (Å²) in [6, 6.07) is 1.51. The highest BCUT2D eigenvalue weighted by Gasteiger charge is 2.58. The number of halogens is 2. The highest BCUT2D eigenvalue weighted by molar-refractivity contribution is 5.93. The van der Waals surface area contributed by atoms with Crippen LogP contribution in [0.25, 0.3) is 0 Å². The molecule has 136 valence electrons. The summed E-state index contributed by atoms with van der Waals surface area (Å²) in [6.07, 6.45) is 3.74. The summed E-state index contributed by atoms with van der Waals surface area (Å²) < 4.78 is 30.3. The van der Waals surface area contributed by atoms with Crippen molar-refractivity contribution in [3.8, 4) is 0 Å². The fourth-order valence-corrected chi connectivity index (χ4v) is 4.13. The zero-order chi connectivity index (χ0) is 17.8. The van der Waals surface area contributed by atoms with Gasteiger partial charge in [0.2, 0.25) is 5.91 Å². The molecule has 1 aromatic heterocycles. The van der Waals surface area contributed by atoms with Gasteiger partial charge >= 0.3 is 0 Å². The van der Waals surface area contributed by atoms with Crippen LogP contribution in [-0.4, -0.2) is 63.5 Å². The van der Waals surface area contributed by atoms with Gasteiger partial charge in [-0.25, -0.2) is 8.78 Å². The second-order valence-electron chi connectivity index (χ2n) is 7.79. The van der Waals surface area contributed by atoms with Gasteiger partial charge in [-0.1, -0.05) is 0 Å². The summed E-state index contributed by atoms with van der Waals surface area (Å²) in [5.41, 5.74) is -1.02. The standard InChI is InChI=1S/C17H22F2N4O2/c1-21-6-4-13(20-21)14(24)23-10-16(9-17(18,19)11-23)5-7-22(15(16)25)8-12-2-3-12/h4,6,12H,2-3,5,7-11H2,1H3/t16-/m0/s1. The summed E-state index contributed by atoms with van der Waals surface area (Å²) in [6.45, 7) is 0.579. The zero-order valence-electron chi connectivity index (χ0n) is 14.3. The van der Waals surface area contributed by atoms with E-state index in [2.05, 4.69) is 5.10 Å². The number of amides is 2. The average molecular weight is 352 g/mol. The Morgan fingerprint density at radius 3 is 2.76 bits per heavy atom. The number of alkyl halides is 2. The van der Waals surface area contributed by atoms with Crippen molar-refractivity contribution in [2.24, 2.45) is 18.4 Å². The highest BCUT2D eigenvalue weighted by Crippen LogP contribution is 2.46. The third-order valence-corrected chi connectivity index (χ3v) is 5.51. The Hall–Kier alpha value is -1.99. The van der Waals surface area contributed by atoms with Crippen LogP contribution in [0, 0.1) is 11.3 Å². The van der Waals surface area contributed by atoms with Crippen LogP contribution in [0.3, 0.4) is 0 Å². The topological polar surface area (TPSA) is 58.4 Å². The summed E-state index contributed by atoms with van der Waals surface area (Å²) in [7, 11) is 1.67. The van der Waals surface area contributed by atoms with Crippen LogP contribution in [0.1, 0.15) is 36.2 Å². The molecule has 8 heteroatoms. The number of carbonyl (C=O) groups is 2. The Morgan fingerprint density at radius 1 is 1.36 bits per heavy atom. The van der Waals surface area contributed by atoms with Crippen LogP contribution in [0.15, 0.2) is 12.3 Å². The summed E-state index contributed by atoms with van der Waals surface area (Å²) in [5.74, 6) is -3.28. The Kier molecular flexibility index (Phi) is 3.63. The fourth-order valence-electron chi connectivity index (χ4n) is 4.13. The van der Waals surface area contributed by atoms with Gasteiger partial charge in [0.1, 0.15) is 5.69 Å². The largest absolute Gasteiger partial charge is 0.342 e. The predicted octanol–water partition coefficient (Wildman–Crippen LogP) is 1.53. The lowest BCUT2D eigenvalue weighted by Crippen LogP contribution is -2.57. The summed E-state index contributed by atoms with van der Waals surface area (Å²) in [5, 5.41) is 4.02. The second-order valence-corrected chi connectivity index (χ2v) is 7.79. The molecule has 2 aliphatic heterocycles. The van der Waals surface area contributed by atoms with E-state index in [0.29, 0.717) is 25.4 Å². The molecular formula is C17H22F2N4O2. The molecule has 3 fully saturated rings. The minimum absolute atomic E-state index is 0.0536. The monoisotopic (exact) mass is 352 g/mol. The van der Waals surface area contributed by atoms with Crippen molar-refractivity contribution >= 4 is 11.8 Å². The molecule has 25 heavy (non-hydrogen) atoms. The van der Waals surface area contributed by atoms with E-state index in [-0.39, 0.29) is 18.1 Å². The molecule has 6 nitrogen and oxygen atoms in total. The molecule has 1 aliphatic carbocycles. The van der Waals surface area contributed by atoms with E-state index in [1.165, 1.54) is 10.7 Å². The van der Waals surface area contributed by atoms with Crippen LogP contribution in [0.2, 0.25) is 0 Å². The van der Waals surface area contributed by atoms with Gasteiger partial charge in [-0.3, -0.25) is 14.3 Å². The number of likely N-dealkylation sites (tertiary alicyclic amines) is 2. The number of hydrogen-bond acceptors (Lipinski definition) is 3. The van der Waals surface area contributed by atoms with Crippen molar-refractivity contribution in [3.63, 3.8) is 0 Å². The molecule has 2 saturated heterocycles. The molecule has 3 aliphatic rings. The SMILES string of the molecule is Cn1ccc(C(=O)N2CC(F)(F)C[C@@]3(CCN(CC4CC4)C3=O)C2)n1. The molecule has 0 unspecified atom stereocenters. The van der Waals surface area contributed by atoms with Gasteiger partial charge in [-0.05, 0) is 31.2 Å². The van der Waals surface area contributed by atoms with Crippen molar-refractivity contribution < 1.29 is 18.4 Å². The minimum Gasteiger partial charge on any atom is -0.342 e. The van der Waals surface area contributed by atoms with Crippen molar-refractivity contribution in [1.29, 1.82) is 0 Å². The first-order valence-electron chi connectivity index (χ1n) is 8.74. The predicted molar refractivity (Wildman–Crippen MR) is 85.0 cm³/mol. The first-order chi connectivity index (χ1) is 11.8. The first-order valence-corrected chi connectivity index (χ1v) is 8.74. The molecule has 0 N–H and O–H groups in total. The van der Waals surface area contributed by atoms with E-state index in [4.69, 9.17) is 0 Å². The number of hydrogen-bond donors (Lipinski definition) is 0. The molecule has 1 spiro atoms. The Bertz CT molecular complexity index is 715. The maximum absolute atomic E-state index is 14.4. The molecule has 3 heterocycles. The average Bonchev–Trinajstić information content (AvgIpc) is 3.19. The van der Waals surface area contributed by atoms with Gasteiger partial charge in [0.05, 0.1) is 12.0 Å². The van der Waals surface area contributed by atoms with Crippen LogP contribution in [0.5, 0.6) is 0 Å². The Balaban J connectivity index is 1.56. The van der Waals surface area contributed by atoms with E-state index < -0.39 is 30.2 Å². The Morgan fingerprint density at radius 2 is 2.12 bits per heavy atom. The van der Waals surface area contributed by atoms with Crippen molar-refractivity contribution in [1.82, 2.24) is 19.6 Å². The molecule has 0 bridgehead atoms. The van der Waals surface area contributed by atoms with Crippen LogP contribution in [0.4, 0.5) is 8.78 Å². The lowest BCUT2D eigenvalue weighted by molar-refractivity contribution is -0.151. The molecule has 1 aromatic rings. The lowest BCUT2D eigenvalue weighted by atomic mass is 9.77. The van der Waals surface area contributed by atoms with Gasteiger partial charge in [-0.15, -0.1) is 0 Å². The fraction of sp³-hybridized carbons (Fsp3) is 0.706. The highest BCUT2D eigenvalue weighted by atomic mass is 19.3. The molecule has 1 saturated carbocycles. The van der Waals surface area contributed by atoms with Crippen molar-refractivity contribution in [2.75, 3.05) is 26.2 Å². The third kappa shape index (κ3) is 3.02. The second kappa shape index (κ2) is 5.51. The summed E-state index contributed by atoms with van der Waals surface area (Å²) >= 11 is 0. The molecular weight excluding hydrogens is 330 g/mol. The quantitative estimate of drug-likeness (QED) is 0.829. The number of aromatic nitrogens is 2. The lowest BCUT2D eigenvalue weighted by Gasteiger charge is -2.42.